The maximum atomic E-state index is 12.9. The molecule has 0 aromatic carbocycles. The Kier molecular flexibility index (Phi) is 65.3. The van der Waals surface area contributed by atoms with Crippen molar-refractivity contribution >= 4 is 17.9 Å². The molecule has 1 atom stereocenters. The first-order chi connectivity index (χ1) is 40.5. The van der Waals surface area contributed by atoms with Crippen molar-refractivity contribution in [2.24, 2.45) is 0 Å². The molecule has 0 spiro atoms. The summed E-state index contributed by atoms with van der Waals surface area (Å²) in [6.07, 6.45) is 97.6. The monoisotopic (exact) mass is 1130 g/mol. The number of rotatable bonds is 61. The molecule has 0 aliphatic heterocycles. The highest BCUT2D eigenvalue weighted by Gasteiger charge is 2.19. The molecule has 0 aromatic rings. The van der Waals surface area contributed by atoms with Gasteiger partial charge in [-0.2, -0.15) is 0 Å². The van der Waals surface area contributed by atoms with E-state index in [0.29, 0.717) is 19.3 Å². The van der Waals surface area contributed by atoms with Crippen molar-refractivity contribution in [2.45, 2.75) is 316 Å². The molecule has 0 heterocycles. The molecule has 0 saturated heterocycles. The van der Waals surface area contributed by atoms with Crippen LogP contribution in [-0.2, 0) is 28.6 Å². The topological polar surface area (TPSA) is 78.9 Å². The smallest absolute Gasteiger partial charge is 0.306 e. The van der Waals surface area contributed by atoms with Crippen LogP contribution < -0.4 is 0 Å². The Balaban J connectivity index is 4.24. The molecule has 0 amide bonds. The normalized spacial score (nSPS) is 13.0. The van der Waals surface area contributed by atoms with Crippen LogP contribution in [0.25, 0.3) is 0 Å². The van der Waals surface area contributed by atoms with Crippen LogP contribution in [0.3, 0.4) is 0 Å². The standard InChI is InChI=1S/C76H126O6/c1-4-7-10-13-16-19-22-25-28-30-31-32-33-34-35-36-37-38-39-40-41-42-43-44-45-47-48-51-54-57-60-63-66-69-75(78)81-72-73(71-80-74(77)68-65-62-59-56-53-50-27-24-21-18-15-12-9-6-3)82-76(79)70-67-64-61-58-55-52-49-46-29-26-23-20-17-14-11-8-5-2/h7-8,10-11,15-20,24-29,31-32,34-35,37-38,73H,4-6,9,12-14,21-23,30,33,36,39-72H2,1-3H3/b10-7-,11-8-,18-15-,19-16-,20-17-,27-24-,28-25-,29-26-,32-31-,35-34-,38-37-. The predicted molar refractivity (Wildman–Crippen MR) is 357 cm³/mol. The molecule has 0 radical (unpaired) electrons. The van der Waals surface area contributed by atoms with Gasteiger partial charge < -0.3 is 14.2 Å². The third-order valence-corrected chi connectivity index (χ3v) is 14.4. The lowest BCUT2D eigenvalue weighted by Crippen LogP contribution is -2.30. The number of carbonyl (C=O) groups excluding carboxylic acids is 3. The van der Waals surface area contributed by atoms with Crippen LogP contribution in [0.1, 0.15) is 310 Å². The Hall–Kier alpha value is -4.45. The number of unbranched alkanes of at least 4 members (excludes halogenated alkanes) is 28. The van der Waals surface area contributed by atoms with Crippen molar-refractivity contribution in [3.05, 3.63) is 134 Å². The van der Waals surface area contributed by atoms with Gasteiger partial charge in [0, 0.05) is 19.3 Å². The lowest BCUT2D eigenvalue weighted by molar-refractivity contribution is -0.167. The minimum Gasteiger partial charge on any atom is -0.462 e. The molecule has 0 aliphatic carbocycles. The summed E-state index contributed by atoms with van der Waals surface area (Å²) >= 11 is 0. The van der Waals surface area contributed by atoms with Gasteiger partial charge in [0.15, 0.2) is 6.10 Å². The molecule has 0 fully saturated rings. The molecule has 6 heteroatoms. The molecule has 0 aromatic heterocycles. The minimum absolute atomic E-state index is 0.0882. The lowest BCUT2D eigenvalue weighted by atomic mass is 10.0. The molecule has 0 aliphatic rings. The molecule has 82 heavy (non-hydrogen) atoms. The van der Waals surface area contributed by atoms with Crippen LogP contribution in [0.15, 0.2) is 134 Å². The largest absolute Gasteiger partial charge is 0.462 e. The number of carbonyl (C=O) groups is 3. The van der Waals surface area contributed by atoms with Gasteiger partial charge in [0.2, 0.25) is 0 Å². The van der Waals surface area contributed by atoms with E-state index in [9.17, 15) is 14.4 Å². The van der Waals surface area contributed by atoms with Crippen molar-refractivity contribution in [3.63, 3.8) is 0 Å². The summed E-state index contributed by atoms with van der Waals surface area (Å²) in [6.45, 7) is 6.37. The zero-order valence-electron chi connectivity index (χ0n) is 53.5. The Bertz CT molecular complexity index is 1730. The molecule has 0 rings (SSSR count). The third-order valence-electron chi connectivity index (χ3n) is 14.4. The first-order valence-electron chi connectivity index (χ1n) is 34.2. The van der Waals surface area contributed by atoms with Crippen LogP contribution in [0, 0.1) is 0 Å². The van der Waals surface area contributed by atoms with E-state index in [4.69, 9.17) is 14.2 Å². The summed E-state index contributed by atoms with van der Waals surface area (Å²) in [4.78, 5) is 38.4. The zero-order chi connectivity index (χ0) is 59.2. The van der Waals surface area contributed by atoms with Gasteiger partial charge in [-0.15, -0.1) is 0 Å². The summed E-state index contributed by atoms with van der Waals surface area (Å²) in [7, 11) is 0. The third kappa shape index (κ3) is 66.4. The quantitative estimate of drug-likeness (QED) is 0.0261. The second-order valence-corrected chi connectivity index (χ2v) is 22.3. The summed E-state index contributed by atoms with van der Waals surface area (Å²) in [5.74, 6) is -0.907. The Morgan fingerprint density at radius 3 is 0.744 bits per heavy atom. The fraction of sp³-hybridized carbons (Fsp3) is 0.671. The van der Waals surface area contributed by atoms with E-state index >= 15 is 0 Å². The minimum atomic E-state index is -0.794. The van der Waals surface area contributed by atoms with Crippen molar-refractivity contribution in [1.82, 2.24) is 0 Å². The molecule has 0 N–H and O–H groups in total. The number of esters is 3. The van der Waals surface area contributed by atoms with E-state index in [0.717, 1.165) is 148 Å². The van der Waals surface area contributed by atoms with E-state index in [1.165, 1.54) is 122 Å². The zero-order valence-corrected chi connectivity index (χ0v) is 53.5. The van der Waals surface area contributed by atoms with Crippen molar-refractivity contribution in [3.8, 4) is 0 Å². The van der Waals surface area contributed by atoms with Gasteiger partial charge in [0.25, 0.3) is 0 Å². The van der Waals surface area contributed by atoms with E-state index in [-0.39, 0.29) is 31.1 Å². The fourth-order valence-corrected chi connectivity index (χ4v) is 9.30. The summed E-state index contributed by atoms with van der Waals surface area (Å²) in [5.41, 5.74) is 0. The average molecular weight is 1140 g/mol. The maximum Gasteiger partial charge on any atom is 0.306 e. The highest BCUT2D eigenvalue weighted by atomic mass is 16.6. The van der Waals surface area contributed by atoms with Crippen molar-refractivity contribution in [2.75, 3.05) is 13.2 Å². The van der Waals surface area contributed by atoms with Crippen LogP contribution >= 0.6 is 0 Å². The number of hydrogen-bond donors (Lipinski definition) is 0. The number of allylic oxidation sites excluding steroid dienone is 22. The van der Waals surface area contributed by atoms with Gasteiger partial charge in [0.05, 0.1) is 0 Å². The Labute approximate surface area is 506 Å². The first-order valence-corrected chi connectivity index (χ1v) is 34.2. The molecule has 0 bridgehead atoms. The van der Waals surface area contributed by atoms with Crippen molar-refractivity contribution in [1.29, 1.82) is 0 Å². The lowest BCUT2D eigenvalue weighted by Gasteiger charge is -2.18. The predicted octanol–water partition coefficient (Wildman–Crippen LogP) is 23.7. The van der Waals surface area contributed by atoms with Gasteiger partial charge in [-0.05, 0) is 128 Å². The van der Waals surface area contributed by atoms with Crippen LogP contribution in [0.5, 0.6) is 0 Å². The molecule has 6 nitrogen and oxygen atoms in total. The average Bonchev–Trinajstić information content (AvgIpc) is 3.47. The first kappa shape index (κ1) is 77.5. The highest BCUT2D eigenvalue weighted by molar-refractivity contribution is 5.71. The number of hydrogen-bond acceptors (Lipinski definition) is 6. The Morgan fingerprint density at radius 1 is 0.256 bits per heavy atom. The molecular formula is C76H126O6. The molecule has 1 unspecified atom stereocenters. The summed E-state index contributed by atoms with van der Waals surface area (Å²) in [6, 6.07) is 0. The maximum absolute atomic E-state index is 12.9. The van der Waals surface area contributed by atoms with Gasteiger partial charge in [0.1, 0.15) is 13.2 Å². The van der Waals surface area contributed by atoms with Crippen LogP contribution in [-0.4, -0.2) is 37.2 Å². The second kappa shape index (κ2) is 69.0. The van der Waals surface area contributed by atoms with E-state index in [1.54, 1.807) is 0 Å². The number of ether oxygens (including phenoxy) is 3. The SMILES string of the molecule is CC/C=C\C/C=C\C/C=C\C/C=C\C/C=C\C/C=C\CCCCCCCCCCCCCCCCC(=O)OCC(COC(=O)CCCCCCC/C=C\C/C=C\CCCC)OC(=O)CCCCCCCCC/C=C\C/C=C\C/C=C\CC. The van der Waals surface area contributed by atoms with Crippen molar-refractivity contribution < 1.29 is 28.6 Å². The Morgan fingerprint density at radius 2 is 0.476 bits per heavy atom. The molecular weight excluding hydrogens is 1010 g/mol. The highest BCUT2D eigenvalue weighted by Crippen LogP contribution is 2.16. The van der Waals surface area contributed by atoms with Gasteiger partial charge in [-0.1, -0.05) is 296 Å². The van der Waals surface area contributed by atoms with Crippen LogP contribution in [0.4, 0.5) is 0 Å². The summed E-state index contributed by atoms with van der Waals surface area (Å²) < 4.78 is 16.9. The van der Waals surface area contributed by atoms with E-state index in [1.807, 2.05) is 0 Å². The van der Waals surface area contributed by atoms with E-state index in [2.05, 4.69) is 154 Å². The molecule has 466 valence electrons. The molecule has 0 saturated carbocycles. The second-order valence-electron chi connectivity index (χ2n) is 22.3. The van der Waals surface area contributed by atoms with E-state index < -0.39 is 6.10 Å². The van der Waals surface area contributed by atoms with Gasteiger partial charge in [-0.25, -0.2) is 0 Å². The summed E-state index contributed by atoms with van der Waals surface area (Å²) in [5, 5.41) is 0. The fourth-order valence-electron chi connectivity index (χ4n) is 9.30. The van der Waals surface area contributed by atoms with Gasteiger partial charge in [-0.3, -0.25) is 14.4 Å². The van der Waals surface area contributed by atoms with Gasteiger partial charge >= 0.3 is 17.9 Å². The van der Waals surface area contributed by atoms with Crippen LogP contribution in [0.2, 0.25) is 0 Å².